The van der Waals surface area contributed by atoms with Gasteiger partial charge in [0.1, 0.15) is 4.75 Å². The van der Waals surface area contributed by atoms with Crippen molar-refractivity contribution in [1.29, 1.82) is 0 Å². The Bertz CT molecular complexity index is 1070. The number of hydrogen-bond donors (Lipinski definition) is 1. The van der Waals surface area contributed by atoms with Gasteiger partial charge in [-0.05, 0) is 48.2 Å². The summed E-state index contributed by atoms with van der Waals surface area (Å²) < 4.78 is 24.5. The number of hydrogen-bond acceptors (Lipinski definition) is 5. The second-order valence-corrected chi connectivity index (χ2v) is 11.0. The molecule has 148 valence electrons. The minimum absolute atomic E-state index is 0.0286. The molecule has 2 aliphatic rings. The number of rotatable bonds is 4. The Balaban J connectivity index is 1.75. The highest BCUT2D eigenvalue weighted by Crippen LogP contribution is 2.47. The molecule has 1 fully saturated rings. The van der Waals surface area contributed by atoms with Crippen LogP contribution in [0.5, 0.6) is 0 Å². The van der Waals surface area contributed by atoms with E-state index in [-0.39, 0.29) is 11.7 Å². The molecule has 1 amide bonds. The van der Waals surface area contributed by atoms with Crippen LogP contribution in [0.1, 0.15) is 36.1 Å². The van der Waals surface area contributed by atoms with E-state index in [1.54, 1.807) is 18.0 Å². The number of thiophene rings is 1. The third kappa shape index (κ3) is 2.95. The number of aliphatic carboxylic acids is 1. The van der Waals surface area contributed by atoms with Gasteiger partial charge in [0.2, 0.25) is 5.91 Å². The Kier molecular flexibility index (Phi) is 4.58. The first-order chi connectivity index (χ1) is 13.2. The second kappa shape index (κ2) is 6.70. The second-order valence-electron chi connectivity index (χ2n) is 7.48. The Hall–Kier alpha value is -2.19. The quantitative estimate of drug-likeness (QED) is 0.822. The molecule has 1 atom stereocenters. The van der Waals surface area contributed by atoms with Crippen molar-refractivity contribution >= 4 is 38.7 Å². The van der Waals surface area contributed by atoms with Crippen LogP contribution in [0, 0.1) is 0 Å². The summed E-state index contributed by atoms with van der Waals surface area (Å²) in [4.78, 5) is 26.5. The van der Waals surface area contributed by atoms with E-state index in [1.165, 1.54) is 11.3 Å². The van der Waals surface area contributed by atoms with Crippen LogP contribution >= 0.6 is 11.3 Å². The molecule has 2 aliphatic heterocycles. The van der Waals surface area contributed by atoms with Crippen LogP contribution in [0.2, 0.25) is 0 Å². The zero-order chi connectivity index (χ0) is 20.1. The Morgan fingerprint density at radius 1 is 1.25 bits per heavy atom. The van der Waals surface area contributed by atoms with Gasteiger partial charge < -0.3 is 10.0 Å². The van der Waals surface area contributed by atoms with E-state index in [4.69, 9.17) is 0 Å². The van der Waals surface area contributed by atoms with Crippen LogP contribution < -0.4 is 4.90 Å². The number of likely N-dealkylation sites (N-methyl/N-ethyl adjacent to an activating group) is 1. The predicted octanol–water partition coefficient (Wildman–Crippen LogP) is 3.20. The maximum absolute atomic E-state index is 12.9. The normalized spacial score (nSPS) is 23.6. The van der Waals surface area contributed by atoms with Crippen molar-refractivity contribution in [3.63, 3.8) is 0 Å². The van der Waals surface area contributed by atoms with Crippen molar-refractivity contribution in [2.75, 3.05) is 17.7 Å². The molecule has 0 bridgehead atoms. The highest BCUT2D eigenvalue weighted by atomic mass is 32.2. The first-order valence-corrected chi connectivity index (χ1v) is 11.6. The van der Waals surface area contributed by atoms with Gasteiger partial charge in [-0.1, -0.05) is 12.5 Å². The van der Waals surface area contributed by atoms with E-state index >= 15 is 0 Å². The van der Waals surface area contributed by atoms with Crippen molar-refractivity contribution < 1.29 is 23.1 Å². The Labute approximate surface area is 167 Å². The first kappa shape index (κ1) is 19.1. The van der Waals surface area contributed by atoms with E-state index in [0.717, 1.165) is 21.7 Å². The molecule has 1 N–H and O–H groups in total. The molecule has 0 saturated carbocycles. The molecule has 1 aromatic heterocycles. The first-order valence-electron chi connectivity index (χ1n) is 9.18. The molecule has 4 rings (SSSR count). The summed E-state index contributed by atoms with van der Waals surface area (Å²) in [6.45, 7) is 0. The van der Waals surface area contributed by atoms with Gasteiger partial charge in [-0.2, -0.15) is 0 Å². The van der Waals surface area contributed by atoms with Crippen LogP contribution in [-0.4, -0.2) is 38.2 Å². The average Bonchev–Trinajstić information content (AvgIpc) is 3.22. The zero-order valence-corrected chi connectivity index (χ0v) is 17.1. The minimum atomic E-state index is -3.55. The molecular formula is C20H21NO5S2. The smallest absolute Gasteiger partial charge is 0.305 e. The van der Waals surface area contributed by atoms with Crippen LogP contribution in [0.25, 0.3) is 10.4 Å². The lowest BCUT2D eigenvalue weighted by molar-refractivity contribution is -0.137. The van der Waals surface area contributed by atoms with Crippen molar-refractivity contribution in [2.24, 2.45) is 0 Å². The average molecular weight is 420 g/mol. The van der Waals surface area contributed by atoms with Gasteiger partial charge in [-0.3, -0.25) is 9.59 Å². The summed E-state index contributed by atoms with van der Waals surface area (Å²) in [5, 5.41) is 9.41. The largest absolute Gasteiger partial charge is 0.481 e. The maximum Gasteiger partial charge on any atom is 0.305 e. The molecule has 2 aromatic rings. The van der Waals surface area contributed by atoms with E-state index in [9.17, 15) is 23.1 Å². The predicted molar refractivity (Wildman–Crippen MR) is 108 cm³/mol. The number of nitrogens with zero attached hydrogens (tertiary/aromatic N) is 1. The van der Waals surface area contributed by atoms with Gasteiger partial charge in [0.15, 0.2) is 9.84 Å². The number of fused-ring (bicyclic) bond motifs is 1. The maximum atomic E-state index is 12.9. The van der Waals surface area contributed by atoms with Crippen LogP contribution in [0.4, 0.5) is 5.69 Å². The van der Waals surface area contributed by atoms with E-state index in [1.807, 2.05) is 24.3 Å². The molecule has 0 unspecified atom stereocenters. The van der Waals surface area contributed by atoms with Gasteiger partial charge in [0.25, 0.3) is 0 Å². The van der Waals surface area contributed by atoms with E-state index in [2.05, 4.69) is 0 Å². The van der Waals surface area contributed by atoms with Gasteiger partial charge in [0, 0.05) is 22.5 Å². The van der Waals surface area contributed by atoms with Gasteiger partial charge in [-0.25, -0.2) is 8.42 Å². The highest BCUT2D eigenvalue weighted by molar-refractivity contribution is 7.92. The topological polar surface area (TPSA) is 91.8 Å². The fourth-order valence-corrected chi connectivity index (χ4v) is 7.99. The Morgan fingerprint density at radius 2 is 2.04 bits per heavy atom. The summed E-state index contributed by atoms with van der Waals surface area (Å²) in [6, 6.07) is 9.40. The lowest BCUT2D eigenvalue weighted by Gasteiger charge is -2.34. The third-order valence-electron chi connectivity index (χ3n) is 5.77. The fourth-order valence-electron chi connectivity index (χ4n) is 4.22. The summed E-state index contributed by atoms with van der Waals surface area (Å²) in [7, 11) is -1.80. The van der Waals surface area contributed by atoms with Crippen molar-refractivity contribution in [1.82, 2.24) is 0 Å². The molecule has 1 saturated heterocycles. The van der Waals surface area contributed by atoms with Crippen molar-refractivity contribution in [3.8, 4) is 10.4 Å². The van der Waals surface area contributed by atoms with E-state index in [0.29, 0.717) is 30.6 Å². The van der Waals surface area contributed by atoms with E-state index < -0.39 is 27.0 Å². The fraction of sp³-hybridized carbons (Fsp3) is 0.400. The number of carboxylic acids is 1. The molecular weight excluding hydrogens is 398 g/mol. The summed E-state index contributed by atoms with van der Waals surface area (Å²) in [6.07, 6.45) is 1.57. The lowest BCUT2D eigenvalue weighted by atomic mass is 9.95. The molecule has 8 heteroatoms. The molecule has 0 aliphatic carbocycles. The zero-order valence-electron chi connectivity index (χ0n) is 15.5. The molecule has 0 spiro atoms. The number of carbonyl (C=O) groups is 2. The Morgan fingerprint density at radius 3 is 2.75 bits per heavy atom. The third-order valence-corrected chi connectivity index (χ3v) is 9.82. The van der Waals surface area contributed by atoms with Crippen LogP contribution in [0.3, 0.4) is 0 Å². The van der Waals surface area contributed by atoms with Gasteiger partial charge >= 0.3 is 5.97 Å². The van der Waals surface area contributed by atoms with Crippen molar-refractivity contribution in [3.05, 3.63) is 40.8 Å². The van der Waals surface area contributed by atoms with Gasteiger partial charge in [-0.15, -0.1) is 11.3 Å². The van der Waals surface area contributed by atoms with Crippen molar-refractivity contribution in [2.45, 2.75) is 36.9 Å². The number of carbonyl (C=O) groups excluding carboxylic acids is 1. The molecule has 3 heterocycles. The van der Waals surface area contributed by atoms with Crippen LogP contribution in [0.15, 0.2) is 30.3 Å². The number of sulfone groups is 1. The number of amides is 1. The number of carboxylic acid groups (broad SMARTS) is 1. The molecule has 1 aromatic carbocycles. The number of benzene rings is 1. The molecule has 28 heavy (non-hydrogen) atoms. The monoisotopic (exact) mass is 419 g/mol. The minimum Gasteiger partial charge on any atom is -0.481 e. The van der Waals surface area contributed by atoms with Gasteiger partial charge in [0.05, 0.1) is 18.6 Å². The SMILES string of the molecule is CN1C(=O)Cc2cc(-c3ccc([C@@]4(CC(=O)O)CCCCS4(=O)=O)s3)ccc21. The molecule has 6 nitrogen and oxygen atoms in total. The molecule has 0 radical (unpaired) electrons. The summed E-state index contributed by atoms with van der Waals surface area (Å²) >= 11 is 1.34. The number of anilines is 1. The summed E-state index contributed by atoms with van der Waals surface area (Å²) in [5.74, 6) is -1.02. The highest BCUT2D eigenvalue weighted by Gasteiger charge is 2.49. The van der Waals surface area contributed by atoms with Crippen LogP contribution in [-0.2, 0) is 30.6 Å². The lowest BCUT2D eigenvalue weighted by Crippen LogP contribution is -2.41. The summed E-state index contributed by atoms with van der Waals surface area (Å²) in [5.41, 5.74) is 2.75. The standard InChI is InChI=1S/C20H21NO5S2/c1-21-15-5-4-13(10-14(15)11-18(21)22)16-6-7-17(27-16)20(12-19(23)24)8-2-3-9-28(20,25)26/h4-7,10H,2-3,8-9,11-12H2,1H3,(H,23,24)/t20-/m0/s1.